The van der Waals surface area contributed by atoms with Crippen molar-refractivity contribution in [3.8, 4) is 5.75 Å². The summed E-state index contributed by atoms with van der Waals surface area (Å²) in [5.41, 5.74) is 1.02. The summed E-state index contributed by atoms with van der Waals surface area (Å²) in [6, 6.07) is 5.80. The molecule has 0 aliphatic heterocycles. The third-order valence-electron chi connectivity index (χ3n) is 4.29. The first-order valence-corrected chi connectivity index (χ1v) is 10.6. The summed E-state index contributed by atoms with van der Waals surface area (Å²) in [7, 11) is 3.04. The van der Waals surface area contributed by atoms with Crippen LogP contribution in [0.1, 0.15) is 25.8 Å². The van der Waals surface area contributed by atoms with Gasteiger partial charge in [-0.2, -0.15) is 11.8 Å². The molecular formula is C20H29N3O6S. The van der Waals surface area contributed by atoms with Gasteiger partial charge in [0.1, 0.15) is 17.8 Å². The summed E-state index contributed by atoms with van der Waals surface area (Å²) in [4.78, 5) is 47.4. The van der Waals surface area contributed by atoms with Gasteiger partial charge in [0, 0.05) is 18.6 Å². The van der Waals surface area contributed by atoms with Crippen molar-refractivity contribution in [2.75, 3.05) is 19.9 Å². The molecule has 10 heteroatoms. The minimum absolute atomic E-state index is 0.285. The van der Waals surface area contributed by atoms with E-state index in [0.29, 0.717) is 5.75 Å². The smallest absolute Gasteiger partial charge is 0.304 e. The first-order valence-electron chi connectivity index (χ1n) is 9.42. The number of nitrogens with one attached hydrogen (secondary N) is 3. The Labute approximate surface area is 180 Å². The van der Waals surface area contributed by atoms with Crippen LogP contribution in [0.2, 0.25) is 0 Å². The number of carbonyl (C=O) groups is 4. The molecule has 166 valence electrons. The number of likely N-dealkylation sites (N-methyl/N-ethyl adjacent to an activating group) is 1. The Balaban J connectivity index is 2.61. The van der Waals surface area contributed by atoms with E-state index in [0.717, 1.165) is 11.3 Å². The van der Waals surface area contributed by atoms with Crippen molar-refractivity contribution in [2.24, 2.45) is 5.92 Å². The fourth-order valence-electron chi connectivity index (χ4n) is 2.50. The van der Waals surface area contributed by atoms with Crippen molar-refractivity contribution in [3.05, 3.63) is 29.8 Å². The van der Waals surface area contributed by atoms with E-state index in [1.807, 2.05) is 24.3 Å². The number of carboxylic acid groups (broad SMARTS) is 1. The largest absolute Gasteiger partial charge is 0.497 e. The number of carbonyl (C=O) groups excluding carboxylic acids is 3. The number of amides is 3. The lowest BCUT2D eigenvalue weighted by atomic mass is 10.1. The van der Waals surface area contributed by atoms with E-state index >= 15 is 0 Å². The predicted molar refractivity (Wildman–Crippen MR) is 114 cm³/mol. The molecule has 0 aliphatic carbocycles. The van der Waals surface area contributed by atoms with Gasteiger partial charge in [0.15, 0.2) is 0 Å². The molecule has 30 heavy (non-hydrogen) atoms. The molecule has 1 aromatic rings. The molecular weight excluding hydrogens is 410 g/mol. The standard InChI is InChI=1S/C20H29N3O6S/c1-12(18(26)21-3)22-19(27)13(2)23-20(28)15(9-17(24)25)11-30-10-14-5-7-16(29-4)8-6-14/h5-8,12-13,15H,9-11H2,1-4H3,(H,21,26)(H,22,27)(H,23,28)(H,24,25)/t12-,13-,15-/m0/s1. The summed E-state index contributed by atoms with van der Waals surface area (Å²) >= 11 is 1.43. The number of hydrogen-bond acceptors (Lipinski definition) is 6. The molecule has 4 N–H and O–H groups in total. The third-order valence-corrected chi connectivity index (χ3v) is 5.46. The van der Waals surface area contributed by atoms with E-state index in [2.05, 4.69) is 16.0 Å². The molecule has 9 nitrogen and oxygen atoms in total. The predicted octanol–water partition coefficient (Wildman–Crippen LogP) is 0.775. The van der Waals surface area contributed by atoms with Crippen LogP contribution >= 0.6 is 11.8 Å². The number of thioether (sulfide) groups is 1. The molecule has 0 bridgehead atoms. The maximum absolute atomic E-state index is 12.5. The van der Waals surface area contributed by atoms with Crippen LogP contribution in [0.5, 0.6) is 5.75 Å². The second kappa shape index (κ2) is 12.7. The van der Waals surface area contributed by atoms with Crippen LogP contribution in [0.3, 0.4) is 0 Å². The minimum Gasteiger partial charge on any atom is -0.497 e. The number of benzene rings is 1. The molecule has 0 aliphatic rings. The zero-order valence-electron chi connectivity index (χ0n) is 17.6. The van der Waals surface area contributed by atoms with E-state index in [-0.39, 0.29) is 18.1 Å². The van der Waals surface area contributed by atoms with Crippen molar-refractivity contribution in [1.82, 2.24) is 16.0 Å². The van der Waals surface area contributed by atoms with Gasteiger partial charge in [-0.25, -0.2) is 0 Å². The van der Waals surface area contributed by atoms with E-state index in [1.165, 1.54) is 32.7 Å². The van der Waals surface area contributed by atoms with Crippen molar-refractivity contribution < 1.29 is 29.0 Å². The van der Waals surface area contributed by atoms with E-state index in [4.69, 9.17) is 9.84 Å². The number of rotatable bonds is 12. The number of carboxylic acids is 1. The molecule has 0 radical (unpaired) electrons. The van der Waals surface area contributed by atoms with E-state index in [9.17, 15) is 19.2 Å². The summed E-state index contributed by atoms with van der Waals surface area (Å²) in [6.07, 6.45) is -0.343. The van der Waals surface area contributed by atoms with E-state index in [1.54, 1.807) is 7.11 Å². The lowest BCUT2D eigenvalue weighted by molar-refractivity contribution is -0.141. The fraction of sp³-hybridized carbons (Fsp3) is 0.500. The van der Waals surface area contributed by atoms with Crippen molar-refractivity contribution in [3.63, 3.8) is 0 Å². The van der Waals surface area contributed by atoms with Crippen LogP contribution in [-0.4, -0.2) is 60.8 Å². The number of ether oxygens (including phenoxy) is 1. The Morgan fingerprint density at radius 3 is 2.10 bits per heavy atom. The van der Waals surface area contributed by atoms with Crippen LogP contribution in [0, 0.1) is 5.92 Å². The Morgan fingerprint density at radius 1 is 1.00 bits per heavy atom. The summed E-state index contributed by atoms with van der Waals surface area (Å²) in [5, 5.41) is 16.6. The van der Waals surface area contributed by atoms with Gasteiger partial charge in [0.05, 0.1) is 19.4 Å². The van der Waals surface area contributed by atoms with Crippen LogP contribution in [0.15, 0.2) is 24.3 Å². The van der Waals surface area contributed by atoms with Gasteiger partial charge in [-0.1, -0.05) is 12.1 Å². The monoisotopic (exact) mass is 439 g/mol. The highest BCUT2D eigenvalue weighted by Gasteiger charge is 2.26. The molecule has 0 aromatic heterocycles. The Bertz CT molecular complexity index is 741. The molecule has 0 spiro atoms. The summed E-state index contributed by atoms with van der Waals surface area (Å²) < 4.78 is 5.11. The van der Waals surface area contributed by atoms with Gasteiger partial charge in [-0.15, -0.1) is 0 Å². The van der Waals surface area contributed by atoms with Gasteiger partial charge >= 0.3 is 5.97 Å². The zero-order chi connectivity index (χ0) is 22.7. The van der Waals surface area contributed by atoms with Gasteiger partial charge in [0.2, 0.25) is 17.7 Å². The minimum atomic E-state index is -1.09. The van der Waals surface area contributed by atoms with Gasteiger partial charge in [-0.05, 0) is 31.5 Å². The zero-order valence-corrected chi connectivity index (χ0v) is 18.4. The van der Waals surface area contributed by atoms with Gasteiger partial charge in [-0.3, -0.25) is 19.2 Å². The average molecular weight is 440 g/mol. The Kier molecular flexibility index (Phi) is 10.7. The molecule has 0 saturated heterocycles. The second-order valence-corrected chi connectivity index (χ2v) is 7.76. The first kappa shape index (κ1) is 25.3. The normalized spacial score (nSPS) is 13.5. The van der Waals surface area contributed by atoms with Gasteiger partial charge in [0.25, 0.3) is 0 Å². The van der Waals surface area contributed by atoms with Crippen LogP contribution in [-0.2, 0) is 24.9 Å². The highest BCUT2D eigenvalue weighted by molar-refractivity contribution is 7.98. The lowest BCUT2D eigenvalue weighted by Gasteiger charge is -2.20. The molecule has 0 unspecified atom stereocenters. The van der Waals surface area contributed by atoms with Crippen LogP contribution < -0.4 is 20.7 Å². The third kappa shape index (κ3) is 8.73. The Morgan fingerprint density at radius 2 is 1.57 bits per heavy atom. The molecule has 0 saturated carbocycles. The summed E-state index contributed by atoms with van der Waals surface area (Å²) in [6.45, 7) is 3.00. The SMILES string of the molecule is CNC(=O)[C@H](C)NC(=O)[C@H](C)NC(=O)[C@H](CSCc1ccc(OC)cc1)CC(=O)O. The molecule has 0 heterocycles. The topological polar surface area (TPSA) is 134 Å². The molecule has 3 amide bonds. The van der Waals surface area contributed by atoms with Crippen LogP contribution in [0.25, 0.3) is 0 Å². The van der Waals surface area contributed by atoms with Crippen LogP contribution in [0.4, 0.5) is 0 Å². The second-order valence-electron chi connectivity index (χ2n) is 6.73. The molecule has 1 aromatic carbocycles. The number of methoxy groups -OCH3 is 1. The maximum atomic E-state index is 12.5. The quantitative estimate of drug-likeness (QED) is 0.378. The number of aliphatic carboxylic acids is 1. The van der Waals surface area contributed by atoms with E-state index < -0.39 is 35.8 Å². The Hall–Kier alpha value is -2.75. The fourth-order valence-corrected chi connectivity index (χ4v) is 3.60. The molecule has 3 atom stereocenters. The highest BCUT2D eigenvalue weighted by atomic mass is 32.2. The molecule has 1 rings (SSSR count). The highest BCUT2D eigenvalue weighted by Crippen LogP contribution is 2.20. The maximum Gasteiger partial charge on any atom is 0.304 e. The lowest BCUT2D eigenvalue weighted by Crippen LogP contribution is -2.52. The first-order chi connectivity index (χ1) is 14.2. The van der Waals surface area contributed by atoms with Crippen molar-refractivity contribution >= 4 is 35.5 Å². The molecule has 0 fully saturated rings. The summed E-state index contributed by atoms with van der Waals surface area (Å²) in [5.74, 6) is -1.66. The number of hydrogen-bond donors (Lipinski definition) is 4. The van der Waals surface area contributed by atoms with Crippen molar-refractivity contribution in [1.29, 1.82) is 0 Å². The van der Waals surface area contributed by atoms with Gasteiger partial charge < -0.3 is 25.8 Å². The average Bonchev–Trinajstić information content (AvgIpc) is 2.72. The van der Waals surface area contributed by atoms with Crippen molar-refractivity contribution in [2.45, 2.75) is 38.1 Å².